The normalized spacial score (nSPS) is 18.7. The molecular formula is C22H25N3O. The number of rotatable bonds is 4. The first-order valence-corrected chi connectivity index (χ1v) is 9.33. The number of hydrogen-bond donors (Lipinski definition) is 0. The molecule has 134 valence electrons. The highest BCUT2D eigenvalue weighted by molar-refractivity contribution is 5.40. The molecule has 2 atom stereocenters. The summed E-state index contributed by atoms with van der Waals surface area (Å²) < 4.78 is 5.57. The number of fused-ring (bicyclic) bond motifs is 1. The fourth-order valence-electron chi connectivity index (χ4n) is 3.71. The average molecular weight is 347 g/mol. The Labute approximate surface area is 154 Å². The summed E-state index contributed by atoms with van der Waals surface area (Å²) in [5, 5.41) is 4.14. The van der Waals surface area contributed by atoms with Crippen LogP contribution in [0.3, 0.4) is 0 Å². The molecule has 2 heterocycles. The summed E-state index contributed by atoms with van der Waals surface area (Å²) in [4.78, 5) is 7.06. The predicted molar refractivity (Wildman–Crippen MR) is 102 cm³/mol. The molecule has 2 unspecified atom stereocenters. The third kappa shape index (κ3) is 3.17. The van der Waals surface area contributed by atoms with Crippen LogP contribution in [-0.2, 0) is 6.54 Å². The average Bonchev–Trinajstić information content (AvgIpc) is 3.18. The van der Waals surface area contributed by atoms with Crippen molar-refractivity contribution < 1.29 is 4.52 Å². The predicted octanol–water partition coefficient (Wildman–Crippen LogP) is 4.90. The van der Waals surface area contributed by atoms with Gasteiger partial charge in [0, 0.05) is 24.9 Å². The summed E-state index contributed by atoms with van der Waals surface area (Å²) in [5.41, 5.74) is 4.16. The molecule has 0 saturated heterocycles. The summed E-state index contributed by atoms with van der Waals surface area (Å²) in [7, 11) is 0. The summed E-state index contributed by atoms with van der Waals surface area (Å²) in [6, 6.07) is 19.6. The van der Waals surface area contributed by atoms with E-state index in [1.165, 1.54) is 16.7 Å². The molecule has 0 bridgehead atoms. The van der Waals surface area contributed by atoms with Crippen molar-refractivity contribution in [1.82, 2.24) is 15.0 Å². The van der Waals surface area contributed by atoms with Crippen LogP contribution in [0.4, 0.5) is 0 Å². The lowest BCUT2D eigenvalue weighted by Gasteiger charge is -2.37. The minimum Gasteiger partial charge on any atom is -0.338 e. The zero-order chi connectivity index (χ0) is 18.1. The molecule has 1 aliphatic rings. The first-order chi connectivity index (χ1) is 12.6. The van der Waals surface area contributed by atoms with Crippen LogP contribution in [0.5, 0.6) is 0 Å². The fourth-order valence-corrected chi connectivity index (χ4v) is 3.71. The van der Waals surface area contributed by atoms with Crippen molar-refractivity contribution in [2.45, 2.75) is 45.2 Å². The molecule has 2 aromatic carbocycles. The maximum atomic E-state index is 5.57. The van der Waals surface area contributed by atoms with Crippen molar-refractivity contribution in [3.8, 4) is 0 Å². The standard InChI is InChI=1S/C22H25N3O/c1-15(2)21-23-22(26-24-21)16(3)25-13-18-11-7-8-12-19(18)20(14-25)17-9-5-4-6-10-17/h4-12,15-16,20H,13-14H2,1-3H3. The minimum absolute atomic E-state index is 0.0922. The molecular weight excluding hydrogens is 322 g/mol. The molecule has 26 heavy (non-hydrogen) atoms. The van der Waals surface area contributed by atoms with Crippen LogP contribution in [0.15, 0.2) is 59.1 Å². The van der Waals surface area contributed by atoms with Crippen LogP contribution in [0.25, 0.3) is 0 Å². The Hall–Kier alpha value is -2.46. The lowest BCUT2D eigenvalue weighted by atomic mass is 9.84. The monoisotopic (exact) mass is 347 g/mol. The summed E-state index contributed by atoms with van der Waals surface area (Å²) >= 11 is 0. The van der Waals surface area contributed by atoms with Crippen molar-refractivity contribution in [1.29, 1.82) is 0 Å². The largest absolute Gasteiger partial charge is 0.338 e. The van der Waals surface area contributed by atoms with E-state index in [4.69, 9.17) is 4.52 Å². The first-order valence-electron chi connectivity index (χ1n) is 9.33. The zero-order valence-electron chi connectivity index (χ0n) is 15.6. The second-order valence-electron chi connectivity index (χ2n) is 7.41. The van der Waals surface area contributed by atoms with Crippen LogP contribution < -0.4 is 0 Å². The molecule has 0 amide bonds. The maximum absolute atomic E-state index is 5.57. The van der Waals surface area contributed by atoms with Gasteiger partial charge in [-0.2, -0.15) is 4.98 Å². The van der Waals surface area contributed by atoms with Gasteiger partial charge in [-0.15, -0.1) is 0 Å². The van der Waals surface area contributed by atoms with Gasteiger partial charge in [0.25, 0.3) is 0 Å². The number of nitrogens with zero attached hydrogens (tertiary/aromatic N) is 3. The molecule has 1 aromatic heterocycles. The fraction of sp³-hybridized carbons (Fsp3) is 0.364. The lowest BCUT2D eigenvalue weighted by molar-refractivity contribution is 0.150. The Bertz CT molecular complexity index is 872. The van der Waals surface area contributed by atoms with E-state index in [0.29, 0.717) is 11.8 Å². The Morgan fingerprint density at radius 3 is 2.46 bits per heavy atom. The van der Waals surface area contributed by atoms with Gasteiger partial charge in [-0.05, 0) is 23.6 Å². The third-order valence-corrected chi connectivity index (χ3v) is 5.30. The Balaban J connectivity index is 1.66. The van der Waals surface area contributed by atoms with Gasteiger partial charge in [0.15, 0.2) is 5.82 Å². The highest BCUT2D eigenvalue weighted by atomic mass is 16.5. The van der Waals surface area contributed by atoms with Gasteiger partial charge >= 0.3 is 0 Å². The molecule has 0 fully saturated rings. The van der Waals surface area contributed by atoms with Gasteiger partial charge in [0.2, 0.25) is 5.89 Å². The van der Waals surface area contributed by atoms with Gasteiger partial charge in [-0.25, -0.2) is 0 Å². The van der Waals surface area contributed by atoms with E-state index in [-0.39, 0.29) is 12.0 Å². The van der Waals surface area contributed by atoms with Crippen LogP contribution in [-0.4, -0.2) is 21.6 Å². The molecule has 0 spiro atoms. The Morgan fingerprint density at radius 2 is 1.73 bits per heavy atom. The molecule has 0 saturated carbocycles. The molecule has 1 aliphatic heterocycles. The minimum atomic E-state index is 0.0922. The van der Waals surface area contributed by atoms with Gasteiger partial charge in [-0.3, -0.25) is 4.90 Å². The Kier molecular flexibility index (Phi) is 4.60. The van der Waals surface area contributed by atoms with E-state index in [9.17, 15) is 0 Å². The van der Waals surface area contributed by atoms with Gasteiger partial charge in [-0.1, -0.05) is 73.6 Å². The van der Waals surface area contributed by atoms with Crippen molar-refractivity contribution in [3.05, 3.63) is 83.0 Å². The Morgan fingerprint density at radius 1 is 1.00 bits per heavy atom. The van der Waals surface area contributed by atoms with E-state index < -0.39 is 0 Å². The molecule has 4 heteroatoms. The van der Waals surface area contributed by atoms with E-state index in [1.807, 2.05) is 0 Å². The molecule has 0 aliphatic carbocycles. The highest BCUT2D eigenvalue weighted by Crippen LogP contribution is 2.36. The third-order valence-electron chi connectivity index (χ3n) is 5.30. The van der Waals surface area contributed by atoms with Crippen LogP contribution >= 0.6 is 0 Å². The topological polar surface area (TPSA) is 42.2 Å². The van der Waals surface area contributed by atoms with E-state index >= 15 is 0 Å². The van der Waals surface area contributed by atoms with E-state index in [2.05, 4.69) is 90.4 Å². The molecule has 0 N–H and O–H groups in total. The van der Waals surface area contributed by atoms with Crippen LogP contribution in [0.2, 0.25) is 0 Å². The van der Waals surface area contributed by atoms with Crippen molar-refractivity contribution in [2.24, 2.45) is 0 Å². The van der Waals surface area contributed by atoms with E-state index in [1.54, 1.807) is 0 Å². The van der Waals surface area contributed by atoms with Gasteiger partial charge < -0.3 is 4.52 Å². The zero-order valence-corrected chi connectivity index (χ0v) is 15.6. The summed E-state index contributed by atoms with van der Waals surface area (Å²) in [5.74, 6) is 2.12. The molecule has 3 aromatic rings. The van der Waals surface area contributed by atoms with Crippen molar-refractivity contribution >= 4 is 0 Å². The smallest absolute Gasteiger partial charge is 0.243 e. The molecule has 4 nitrogen and oxygen atoms in total. The number of hydrogen-bond acceptors (Lipinski definition) is 4. The maximum Gasteiger partial charge on any atom is 0.243 e. The summed E-state index contributed by atoms with van der Waals surface area (Å²) in [6.07, 6.45) is 0. The summed E-state index contributed by atoms with van der Waals surface area (Å²) in [6.45, 7) is 8.18. The second kappa shape index (κ2) is 7.04. The van der Waals surface area contributed by atoms with Crippen LogP contribution in [0, 0.1) is 0 Å². The first kappa shape index (κ1) is 17.0. The second-order valence-corrected chi connectivity index (χ2v) is 7.41. The van der Waals surface area contributed by atoms with E-state index in [0.717, 1.165) is 18.9 Å². The highest BCUT2D eigenvalue weighted by Gasteiger charge is 2.31. The molecule has 0 radical (unpaired) electrons. The van der Waals surface area contributed by atoms with Crippen molar-refractivity contribution in [3.63, 3.8) is 0 Å². The number of benzene rings is 2. The number of aromatic nitrogens is 2. The van der Waals surface area contributed by atoms with Crippen molar-refractivity contribution in [2.75, 3.05) is 6.54 Å². The lowest BCUT2D eigenvalue weighted by Crippen LogP contribution is -2.36. The quantitative estimate of drug-likeness (QED) is 0.673. The SMILES string of the molecule is CC(C)c1noc(C(C)N2Cc3ccccc3C(c3ccccc3)C2)n1. The van der Waals surface area contributed by atoms with Gasteiger partial charge in [0.05, 0.1) is 6.04 Å². The van der Waals surface area contributed by atoms with Crippen LogP contribution in [0.1, 0.15) is 67.1 Å². The van der Waals surface area contributed by atoms with Gasteiger partial charge in [0.1, 0.15) is 0 Å². The molecule has 4 rings (SSSR count).